The normalized spacial score (nSPS) is 12.2. The Bertz CT molecular complexity index is 537. The quantitative estimate of drug-likeness (QED) is 0.930. The van der Waals surface area contributed by atoms with Gasteiger partial charge in [-0.05, 0) is 30.7 Å². The Morgan fingerprint density at radius 1 is 1.26 bits per heavy atom. The largest absolute Gasteiger partial charge is 0.355 e. The highest BCUT2D eigenvalue weighted by atomic mass is 35.5. The summed E-state index contributed by atoms with van der Waals surface area (Å²) in [6.07, 6.45) is 1.79. The fraction of sp³-hybridized carbons (Fsp3) is 0.267. The second kappa shape index (κ2) is 6.04. The molecule has 0 bridgehead atoms. The van der Waals surface area contributed by atoms with Crippen LogP contribution in [-0.2, 0) is 6.54 Å². The molecule has 1 heterocycles. The van der Waals surface area contributed by atoms with Crippen molar-refractivity contribution >= 4 is 17.4 Å². The molecule has 0 radical (unpaired) electrons. The summed E-state index contributed by atoms with van der Waals surface area (Å²) in [4.78, 5) is 6.53. The Kier molecular flexibility index (Phi) is 4.40. The molecule has 2 N–H and O–H groups in total. The molecule has 0 saturated carbocycles. The molecule has 0 saturated heterocycles. The third kappa shape index (κ3) is 3.46. The summed E-state index contributed by atoms with van der Waals surface area (Å²) < 4.78 is 0. The standard InChI is InChI=1S/C15H18ClN3/c1-11(17)14-4-3-9-18-15(14)19(2)10-12-5-7-13(16)8-6-12/h3-9,11H,10,17H2,1-2H3/t11-/m1/s1. The van der Waals surface area contributed by atoms with Crippen LogP contribution in [0.3, 0.4) is 0 Å². The lowest BCUT2D eigenvalue weighted by Gasteiger charge is -2.22. The highest BCUT2D eigenvalue weighted by Gasteiger charge is 2.11. The molecule has 0 fully saturated rings. The summed E-state index contributed by atoms with van der Waals surface area (Å²) in [5.41, 5.74) is 8.22. The summed E-state index contributed by atoms with van der Waals surface area (Å²) in [5.74, 6) is 0.924. The summed E-state index contributed by atoms with van der Waals surface area (Å²) >= 11 is 5.89. The van der Waals surface area contributed by atoms with E-state index >= 15 is 0 Å². The minimum atomic E-state index is -0.0311. The predicted octanol–water partition coefficient (Wildman–Crippen LogP) is 3.39. The molecule has 0 aliphatic carbocycles. The van der Waals surface area contributed by atoms with Crippen LogP contribution in [0.25, 0.3) is 0 Å². The van der Waals surface area contributed by atoms with E-state index in [-0.39, 0.29) is 6.04 Å². The van der Waals surface area contributed by atoms with Gasteiger partial charge < -0.3 is 10.6 Å². The van der Waals surface area contributed by atoms with Gasteiger partial charge >= 0.3 is 0 Å². The summed E-state index contributed by atoms with van der Waals surface area (Å²) in [6, 6.07) is 11.7. The van der Waals surface area contributed by atoms with E-state index in [4.69, 9.17) is 17.3 Å². The zero-order valence-electron chi connectivity index (χ0n) is 11.2. The minimum Gasteiger partial charge on any atom is -0.355 e. The van der Waals surface area contributed by atoms with E-state index in [0.717, 1.165) is 22.9 Å². The predicted molar refractivity (Wildman–Crippen MR) is 80.4 cm³/mol. The van der Waals surface area contributed by atoms with Gasteiger partial charge in [-0.3, -0.25) is 0 Å². The van der Waals surface area contributed by atoms with Crippen LogP contribution in [0.5, 0.6) is 0 Å². The number of pyridine rings is 1. The number of anilines is 1. The average Bonchev–Trinajstić information content (AvgIpc) is 2.41. The molecule has 1 aromatic carbocycles. The third-order valence-corrected chi connectivity index (χ3v) is 3.25. The molecular formula is C15H18ClN3. The zero-order chi connectivity index (χ0) is 13.8. The van der Waals surface area contributed by atoms with Gasteiger partial charge in [0.2, 0.25) is 0 Å². The van der Waals surface area contributed by atoms with E-state index in [2.05, 4.69) is 9.88 Å². The number of hydrogen-bond acceptors (Lipinski definition) is 3. The fourth-order valence-electron chi connectivity index (χ4n) is 2.02. The molecule has 19 heavy (non-hydrogen) atoms. The Morgan fingerprint density at radius 3 is 2.58 bits per heavy atom. The molecule has 4 heteroatoms. The second-order valence-corrected chi connectivity index (χ2v) is 5.12. The van der Waals surface area contributed by atoms with E-state index in [9.17, 15) is 0 Å². The van der Waals surface area contributed by atoms with E-state index < -0.39 is 0 Å². The number of rotatable bonds is 4. The summed E-state index contributed by atoms with van der Waals surface area (Å²) in [5, 5.41) is 0.750. The van der Waals surface area contributed by atoms with Crippen molar-refractivity contribution in [1.29, 1.82) is 0 Å². The van der Waals surface area contributed by atoms with Gasteiger partial charge in [0.25, 0.3) is 0 Å². The van der Waals surface area contributed by atoms with Crippen LogP contribution < -0.4 is 10.6 Å². The zero-order valence-corrected chi connectivity index (χ0v) is 11.9. The Balaban J connectivity index is 2.20. The molecule has 2 rings (SSSR count). The first-order valence-corrected chi connectivity index (χ1v) is 6.62. The van der Waals surface area contributed by atoms with Gasteiger partial charge in [0.05, 0.1) is 0 Å². The lowest BCUT2D eigenvalue weighted by Crippen LogP contribution is -2.21. The highest BCUT2D eigenvalue weighted by Crippen LogP contribution is 2.23. The smallest absolute Gasteiger partial charge is 0.133 e. The SMILES string of the molecule is C[C@@H](N)c1cccnc1N(C)Cc1ccc(Cl)cc1. The summed E-state index contributed by atoms with van der Waals surface area (Å²) in [6.45, 7) is 2.74. The first-order valence-electron chi connectivity index (χ1n) is 6.24. The lowest BCUT2D eigenvalue weighted by molar-refractivity contribution is 0.788. The molecule has 0 spiro atoms. The first kappa shape index (κ1) is 13.8. The van der Waals surface area contributed by atoms with Gasteiger partial charge in [0, 0.05) is 36.4 Å². The number of hydrogen-bond donors (Lipinski definition) is 1. The van der Waals surface area contributed by atoms with Gasteiger partial charge in [-0.25, -0.2) is 4.98 Å². The molecule has 0 unspecified atom stereocenters. The maximum absolute atomic E-state index is 5.98. The van der Waals surface area contributed by atoms with Gasteiger partial charge in [-0.2, -0.15) is 0 Å². The lowest BCUT2D eigenvalue weighted by atomic mass is 10.1. The topological polar surface area (TPSA) is 42.1 Å². The van der Waals surface area contributed by atoms with E-state index in [1.807, 2.05) is 50.4 Å². The average molecular weight is 276 g/mol. The number of nitrogens with two attached hydrogens (primary N) is 1. The van der Waals surface area contributed by atoms with Gasteiger partial charge in [0.1, 0.15) is 5.82 Å². The van der Waals surface area contributed by atoms with Crippen LogP contribution in [0.2, 0.25) is 5.02 Å². The first-order chi connectivity index (χ1) is 9.08. The number of benzene rings is 1. The Labute approximate surface area is 119 Å². The van der Waals surface area contributed by atoms with Crippen LogP contribution in [0.1, 0.15) is 24.1 Å². The van der Waals surface area contributed by atoms with Gasteiger partial charge in [0.15, 0.2) is 0 Å². The van der Waals surface area contributed by atoms with Crippen molar-refractivity contribution in [2.75, 3.05) is 11.9 Å². The third-order valence-electron chi connectivity index (χ3n) is 3.00. The van der Waals surface area contributed by atoms with Crippen LogP contribution in [0.15, 0.2) is 42.6 Å². The fourth-order valence-corrected chi connectivity index (χ4v) is 2.15. The second-order valence-electron chi connectivity index (χ2n) is 4.69. The molecule has 1 aromatic heterocycles. The maximum atomic E-state index is 5.98. The van der Waals surface area contributed by atoms with Crippen molar-refractivity contribution in [1.82, 2.24) is 4.98 Å². The van der Waals surface area contributed by atoms with Crippen molar-refractivity contribution in [3.05, 3.63) is 58.7 Å². The Hall–Kier alpha value is -1.58. The minimum absolute atomic E-state index is 0.0311. The molecular weight excluding hydrogens is 258 g/mol. The Morgan fingerprint density at radius 2 is 1.95 bits per heavy atom. The van der Waals surface area contributed by atoms with Crippen molar-refractivity contribution in [3.63, 3.8) is 0 Å². The highest BCUT2D eigenvalue weighted by molar-refractivity contribution is 6.30. The van der Waals surface area contributed by atoms with Crippen LogP contribution >= 0.6 is 11.6 Å². The number of halogens is 1. The monoisotopic (exact) mass is 275 g/mol. The number of nitrogens with zero attached hydrogens (tertiary/aromatic N) is 2. The molecule has 100 valence electrons. The van der Waals surface area contributed by atoms with Crippen LogP contribution in [0.4, 0.5) is 5.82 Å². The van der Waals surface area contributed by atoms with Gasteiger partial charge in [-0.15, -0.1) is 0 Å². The number of aromatic nitrogens is 1. The van der Waals surface area contributed by atoms with Crippen LogP contribution in [0, 0.1) is 0 Å². The van der Waals surface area contributed by atoms with Gasteiger partial charge in [-0.1, -0.05) is 29.8 Å². The maximum Gasteiger partial charge on any atom is 0.133 e. The van der Waals surface area contributed by atoms with Crippen molar-refractivity contribution in [2.45, 2.75) is 19.5 Å². The molecule has 1 atom stereocenters. The van der Waals surface area contributed by atoms with E-state index in [1.54, 1.807) is 6.20 Å². The van der Waals surface area contributed by atoms with E-state index in [0.29, 0.717) is 0 Å². The molecule has 2 aromatic rings. The molecule has 3 nitrogen and oxygen atoms in total. The molecule has 0 aliphatic heterocycles. The van der Waals surface area contributed by atoms with E-state index in [1.165, 1.54) is 5.56 Å². The molecule has 0 aliphatic rings. The van der Waals surface area contributed by atoms with Crippen molar-refractivity contribution in [2.24, 2.45) is 5.73 Å². The van der Waals surface area contributed by atoms with Crippen LogP contribution in [-0.4, -0.2) is 12.0 Å². The van der Waals surface area contributed by atoms with Crippen molar-refractivity contribution in [3.8, 4) is 0 Å². The van der Waals surface area contributed by atoms with Crippen molar-refractivity contribution < 1.29 is 0 Å². The molecule has 0 amide bonds. The summed E-state index contributed by atoms with van der Waals surface area (Å²) in [7, 11) is 2.02.